The highest BCUT2D eigenvalue weighted by Gasteiger charge is 2.15. The maximum Gasteiger partial charge on any atom is 0.343 e. The van der Waals surface area contributed by atoms with Crippen molar-refractivity contribution in [2.75, 3.05) is 13.2 Å². The number of hydrogen-bond donors (Lipinski definition) is 0. The van der Waals surface area contributed by atoms with Gasteiger partial charge in [-0.2, -0.15) is 0 Å². The van der Waals surface area contributed by atoms with Crippen molar-refractivity contribution in [1.29, 1.82) is 0 Å². The molecule has 0 bridgehead atoms. The molecule has 0 amide bonds. The average molecular weight is 751 g/mol. The number of esters is 4. The Labute approximate surface area is 325 Å². The predicted molar refractivity (Wildman–Crippen MR) is 213 cm³/mol. The van der Waals surface area contributed by atoms with Crippen molar-refractivity contribution in [3.05, 3.63) is 120 Å². The highest BCUT2D eigenvalue weighted by molar-refractivity contribution is 5.92. The second-order valence-electron chi connectivity index (χ2n) is 13.8. The van der Waals surface area contributed by atoms with Gasteiger partial charge in [-0.05, 0) is 131 Å². The van der Waals surface area contributed by atoms with Crippen LogP contribution >= 0.6 is 0 Å². The Morgan fingerprint density at radius 3 is 1.73 bits per heavy atom. The molecule has 1 aliphatic rings. The molecular formula is C46H54O9. The summed E-state index contributed by atoms with van der Waals surface area (Å²) in [5, 5.41) is 0. The van der Waals surface area contributed by atoms with Crippen molar-refractivity contribution in [3.63, 3.8) is 0 Å². The molecule has 0 aliphatic heterocycles. The number of benzene rings is 3. The van der Waals surface area contributed by atoms with Crippen LogP contribution < -0.4 is 18.9 Å². The Morgan fingerprint density at radius 1 is 0.618 bits per heavy atom. The van der Waals surface area contributed by atoms with E-state index >= 15 is 0 Å². The molecule has 55 heavy (non-hydrogen) atoms. The number of carbonyl (C=O) groups is 4. The molecule has 0 spiro atoms. The average Bonchev–Trinajstić information content (AvgIpc) is 3.65. The van der Waals surface area contributed by atoms with E-state index in [1.165, 1.54) is 68.4 Å². The minimum atomic E-state index is -0.587. The smallest absolute Gasteiger partial charge is 0.343 e. The third-order valence-corrected chi connectivity index (χ3v) is 9.03. The zero-order chi connectivity index (χ0) is 39.3. The summed E-state index contributed by atoms with van der Waals surface area (Å²) in [7, 11) is 0. The van der Waals surface area contributed by atoms with Crippen LogP contribution in [0.5, 0.6) is 23.0 Å². The molecule has 0 saturated heterocycles. The van der Waals surface area contributed by atoms with Crippen molar-refractivity contribution in [2.24, 2.45) is 5.92 Å². The third kappa shape index (κ3) is 15.8. The lowest BCUT2D eigenvalue weighted by Crippen LogP contribution is -2.11. The SMILES string of the molecule is C=C(C)C(=O)OCCCCCCOc1ccc(C(=O)Oc2ccc(C(=O)Oc3ccc(OC(=O)CCC4C=CC(CCCCCCCC)=C4)cc3)cc2)cc1. The molecule has 1 atom stereocenters. The van der Waals surface area contributed by atoms with Crippen LogP contribution in [0, 0.1) is 5.92 Å². The van der Waals surface area contributed by atoms with Crippen molar-refractivity contribution >= 4 is 23.9 Å². The van der Waals surface area contributed by atoms with Crippen molar-refractivity contribution in [1.82, 2.24) is 0 Å². The first kappa shape index (κ1) is 42.3. The highest BCUT2D eigenvalue weighted by Crippen LogP contribution is 2.26. The molecule has 9 heteroatoms. The summed E-state index contributed by atoms with van der Waals surface area (Å²) in [6.07, 6.45) is 19.9. The van der Waals surface area contributed by atoms with E-state index in [0.29, 0.717) is 54.4 Å². The van der Waals surface area contributed by atoms with Gasteiger partial charge in [0, 0.05) is 12.0 Å². The third-order valence-electron chi connectivity index (χ3n) is 9.03. The lowest BCUT2D eigenvalue weighted by atomic mass is 10.0. The van der Waals surface area contributed by atoms with Crippen molar-refractivity contribution < 1.29 is 42.9 Å². The van der Waals surface area contributed by atoms with Crippen LogP contribution in [-0.2, 0) is 14.3 Å². The summed E-state index contributed by atoms with van der Waals surface area (Å²) in [6.45, 7) is 8.33. The van der Waals surface area contributed by atoms with Crippen LogP contribution in [0.15, 0.2) is 109 Å². The molecule has 0 radical (unpaired) electrons. The van der Waals surface area contributed by atoms with E-state index in [0.717, 1.165) is 32.1 Å². The van der Waals surface area contributed by atoms with Gasteiger partial charge in [0.1, 0.15) is 23.0 Å². The molecule has 0 heterocycles. The number of hydrogen-bond acceptors (Lipinski definition) is 9. The molecule has 4 rings (SSSR count). The second kappa shape index (κ2) is 23.4. The molecule has 292 valence electrons. The molecular weight excluding hydrogens is 696 g/mol. The molecule has 0 saturated carbocycles. The number of allylic oxidation sites excluding steroid dienone is 4. The Balaban J connectivity index is 1.10. The normalized spacial score (nSPS) is 13.1. The van der Waals surface area contributed by atoms with E-state index in [1.54, 1.807) is 55.5 Å². The van der Waals surface area contributed by atoms with E-state index in [9.17, 15) is 19.2 Å². The van der Waals surface area contributed by atoms with Gasteiger partial charge in [-0.1, -0.05) is 69.4 Å². The molecule has 3 aromatic rings. The van der Waals surface area contributed by atoms with Crippen LogP contribution in [0.1, 0.15) is 118 Å². The fraction of sp³-hybridized carbons (Fsp3) is 0.391. The van der Waals surface area contributed by atoms with Gasteiger partial charge in [0.05, 0.1) is 24.3 Å². The van der Waals surface area contributed by atoms with Gasteiger partial charge in [0.15, 0.2) is 0 Å². The minimum absolute atomic E-state index is 0.260. The Kier molecular flexibility index (Phi) is 18.0. The fourth-order valence-electron chi connectivity index (χ4n) is 5.85. The van der Waals surface area contributed by atoms with Crippen LogP contribution in [0.25, 0.3) is 0 Å². The summed E-state index contributed by atoms with van der Waals surface area (Å²) >= 11 is 0. The van der Waals surface area contributed by atoms with Gasteiger partial charge < -0.3 is 23.7 Å². The van der Waals surface area contributed by atoms with Gasteiger partial charge in [-0.3, -0.25) is 4.79 Å². The summed E-state index contributed by atoms with van der Waals surface area (Å²) in [5.74, 6) is 0.0510. The lowest BCUT2D eigenvalue weighted by Gasteiger charge is -2.09. The molecule has 0 aromatic heterocycles. The zero-order valence-corrected chi connectivity index (χ0v) is 32.2. The fourth-order valence-corrected chi connectivity index (χ4v) is 5.85. The maximum absolute atomic E-state index is 12.7. The standard InChI is InChI=1S/C46H54O9/c1-4-5-6-7-8-11-14-35-15-16-36(33-35)17-30-43(47)53-40-26-28-42(29-27-40)55-46(50)38-20-24-41(25-21-38)54-45(49)37-18-22-39(23-19-37)51-31-12-9-10-13-32-52-44(48)34(2)3/h15-16,18-29,33,36H,2,4-14,17,30-32H2,1,3H3. The van der Waals surface area contributed by atoms with Crippen molar-refractivity contribution in [2.45, 2.75) is 97.3 Å². The van der Waals surface area contributed by atoms with E-state index in [4.69, 9.17) is 23.7 Å². The first-order valence-electron chi connectivity index (χ1n) is 19.5. The van der Waals surface area contributed by atoms with Gasteiger partial charge in [0.2, 0.25) is 0 Å². The summed E-state index contributed by atoms with van der Waals surface area (Å²) in [6, 6.07) is 19.1. The monoisotopic (exact) mass is 750 g/mol. The first-order chi connectivity index (χ1) is 26.7. The van der Waals surface area contributed by atoms with Crippen LogP contribution in [0.3, 0.4) is 0 Å². The Hall–Kier alpha value is -5.44. The van der Waals surface area contributed by atoms with Crippen LogP contribution in [0.2, 0.25) is 0 Å². The number of unbranched alkanes of at least 4 members (excludes halogenated alkanes) is 8. The number of carbonyl (C=O) groups excluding carboxylic acids is 4. The minimum Gasteiger partial charge on any atom is -0.494 e. The molecule has 9 nitrogen and oxygen atoms in total. The van der Waals surface area contributed by atoms with Gasteiger partial charge in [-0.15, -0.1) is 0 Å². The molecule has 1 aliphatic carbocycles. The Morgan fingerprint density at radius 2 is 1.13 bits per heavy atom. The Bertz CT molecular complexity index is 1750. The van der Waals surface area contributed by atoms with Gasteiger partial charge in [0.25, 0.3) is 0 Å². The predicted octanol–water partition coefficient (Wildman–Crippen LogP) is 10.7. The zero-order valence-electron chi connectivity index (χ0n) is 32.2. The van der Waals surface area contributed by atoms with Crippen LogP contribution in [-0.4, -0.2) is 37.1 Å². The van der Waals surface area contributed by atoms with E-state index < -0.39 is 11.9 Å². The van der Waals surface area contributed by atoms with E-state index in [2.05, 4.69) is 31.7 Å². The number of rotatable bonds is 24. The lowest BCUT2D eigenvalue weighted by molar-refractivity contribution is -0.139. The number of ether oxygens (including phenoxy) is 5. The summed E-state index contributed by atoms with van der Waals surface area (Å²) < 4.78 is 27.3. The van der Waals surface area contributed by atoms with Gasteiger partial charge >= 0.3 is 23.9 Å². The van der Waals surface area contributed by atoms with E-state index in [1.807, 2.05) is 0 Å². The molecule has 0 N–H and O–H groups in total. The second-order valence-corrected chi connectivity index (χ2v) is 13.8. The summed E-state index contributed by atoms with van der Waals surface area (Å²) in [4.78, 5) is 49.3. The molecule has 3 aromatic carbocycles. The first-order valence-corrected chi connectivity index (χ1v) is 19.5. The van der Waals surface area contributed by atoms with Crippen molar-refractivity contribution in [3.8, 4) is 23.0 Å². The van der Waals surface area contributed by atoms with Gasteiger partial charge in [-0.25, -0.2) is 14.4 Å². The van der Waals surface area contributed by atoms with E-state index in [-0.39, 0.29) is 29.2 Å². The maximum atomic E-state index is 12.7. The topological polar surface area (TPSA) is 114 Å². The quantitative estimate of drug-likeness (QED) is 0.0382. The molecule has 0 fully saturated rings. The largest absolute Gasteiger partial charge is 0.494 e. The van der Waals surface area contributed by atoms with Crippen LogP contribution in [0.4, 0.5) is 0 Å². The molecule has 1 unspecified atom stereocenters. The highest BCUT2D eigenvalue weighted by atomic mass is 16.5. The summed E-state index contributed by atoms with van der Waals surface area (Å²) in [5.41, 5.74) is 2.38.